The number of fused-ring (bicyclic) bond motifs is 1. The molecule has 1 aromatic heterocycles. The average Bonchev–Trinajstić information content (AvgIpc) is 2.53. The molecular formula is C17H21N3O2. The molecule has 3 rings (SSSR count). The molecule has 0 saturated carbocycles. The van der Waals surface area contributed by atoms with Crippen LogP contribution in [-0.4, -0.2) is 34.9 Å². The summed E-state index contributed by atoms with van der Waals surface area (Å²) in [6.45, 7) is 3.34. The monoisotopic (exact) mass is 299 g/mol. The molecule has 2 unspecified atom stereocenters. The number of rotatable bonds is 2. The quantitative estimate of drug-likeness (QED) is 0.886. The number of piperidine rings is 1. The second-order valence-electron chi connectivity index (χ2n) is 6.11. The van der Waals surface area contributed by atoms with Gasteiger partial charge in [0.05, 0.1) is 5.56 Å². The molecule has 0 radical (unpaired) electrons. The number of nitrogens with zero attached hydrogens (tertiary/aromatic N) is 1. The fourth-order valence-corrected chi connectivity index (χ4v) is 3.28. The Morgan fingerprint density at radius 3 is 2.95 bits per heavy atom. The van der Waals surface area contributed by atoms with Gasteiger partial charge in [-0.25, -0.2) is 0 Å². The smallest absolute Gasteiger partial charge is 0.255 e. The van der Waals surface area contributed by atoms with Crippen molar-refractivity contribution in [2.24, 2.45) is 11.7 Å². The first kappa shape index (κ1) is 14.8. The Balaban J connectivity index is 2.03. The van der Waals surface area contributed by atoms with Gasteiger partial charge in [0.2, 0.25) is 5.56 Å². The van der Waals surface area contributed by atoms with E-state index in [4.69, 9.17) is 5.73 Å². The lowest BCUT2D eigenvalue weighted by Crippen LogP contribution is -2.49. The second-order valence-corrected chi connectivity index (χ2v) is 6.11. The predicted octanol–water partition coefficient (Wildman–Crippen LogP) is 1.73. The summed E-state index contributed by atoms with van der Waals surface area (Å²) >= 11 is 0. The van der Waals surface area contributed by atoms with Gasteiger partial charge in [0.1, 0.15) is 0 Å². The first-order valence-corrected chi connectivity index (χ1v) is 7.73. The number of amides is 1. The van der Waals surface area contributed by atoms with Crippen LogP contribution >= 0.6 is 0 Å². The van der Waals surface area contributed by atoms with Crippen LogP contribution in [0.1, 0.15) is 30.1 Å². The molecule has 1 aliphatic heterocycles. The Bertz CT molecular complexity index is 753. The Morgan fingerprint density at radius 1 is 1.41 bits per heavy atom. The molecule has 0 aliphatic carbocycles. The lowest BCUT2D eigenvalue weighted by atomic mass is 9.91. The number of nitrogens with one attached hydrogen (secondary N) is 1. The Kier molecular flexibility index (Phi) is 3.98. The summed E-state index contributed by atoms with van der Waals surface area (Å²) in [6.07, 6.45) is 1.90. The summed E-state index contributed by atoms with van der Waals surface area (Å²) in [5, 5.41) is 0.779. The van der Waals surface area contributed by atoms with E-state index < -0.39 is 0 Å². The third-order valence-electron chi connectivity index (χ3n) is 4.49. The minimum Gasteiger partial charge on any atom is -0.334 e. The minimum absolute atomic E-state index is 0.0503. The standard InChI is InChI=1S/C17H21N3O2/c1-11-6-7-20(12(8-11)10-18)17(22)14-9-16(21)19-15-5-3-2-4-13(14)15/h2-5,9,11-12H,6-8,10,18H2,1H3,(H,19,21). The van der Waals surface area contributed by atoms with E-state index in [1.165, 1.54) is 6.07 Å². The van der Waals surface area contributed by atoms with Crippen LogP contribution in [0.4, 0.5) is 0 Å². The zero-order valence-corrected chi connectivity index (χ0v) is 12.7. The Hall–Kier alpha value is -2.14. The highest BCUT2D eigenvalue weighted by atomic mass is 16.2. The maximum absolute atomic E-state index is 13.0. The van der Waals surface area contributed by atoms with Crippen LogP contribution in [0.5, 0.6) is 0 Å². The topological polar surface area (TPSA) is 79.2 Å². The number of nitrogens with two attached hydrogens (primary N) is 1. The van der Waals surface area contributed by atoms with Crippen LogP contribution in [0.25, 0.3) is 10.9 Å². The van der Waals surface area contributed by atoms with E-state index in [9.17, 15) is 9.59 Å². The molecular weight excluding hydrogens is 278 g/mol. The highest BCUT2D eigenvalue weighted by Crippen LogP contribution is 2.25. The Morgan fingerprint density at radius 2 is 2.18 bits per heavy atom. The van der Waals surface area contributed by atoms with Gasteiger partial charge in [0.25, 0.3) is 5.91 Å². The summed E-state index contributed by atoms with van der Waals surface area (Å²) in [5.41, 5.74) is 6.75. The molecule has 0 spiro atoms. The summed E-state index contributed by atoms with van der Waals surface area (Å²) in [6, 6.07) is 8.84. The highest BCUT2D eigenvalue weighted by Gasteiger charge is 2.30. The van der Waals surface area contributed by atoms with E-state index in [1.54, 1.807) is 0 Å². The van der Waals surface area contributed by atoms with E-state index in [-0.39, 0.29) is 17.5 Å². The zero-order valence-electron chi connectivity index (χ0n) is 12.7. The summed E-state index contributed by atoms with van der Waals surface area (Å²) in [4.78, 5) is 29.4. The van der Waals surface area contributed by atoms with Crippen molar-refractivity contribution < 1.29 is 4.79 Å². The highest BCUT2D eigenvalue weighted by molar-refractivity contribution is 6.06. The molecule has 0 bridgehead atoms. The first-order valence-electron chi connectivity index (χ1n) is 7.73. The SMILES string of the molecule is CC1CCN(C(=O)c2cc(=O)[nH]c3ccccc23)C(CN)C1. The number of hydrogen-bond acceptors (Lipinski definition) is 3. The lowest BCUT2D eigenvalue weighted by molar-refractivity contribution is 0.0575. The maximum Gasteiger partial charge on any atom is 0.255 e. The van der Waals surface area contributed by atoms with E-state index in [2.05, 4.69) is 11.9 Å². The molecule has 1 aromatic carbocycles. The van der Waals surface area contributed by atoms with Crippen molar-refractivity contribution in [3.05, 3.63) is 46.2 Å². The summed E-state index contributed by atoms with van der Waals surface area (Å²) in [5.74, 6) is 0.484. The molecule has 116 valence electrons. The van der Waals surface area contributed by atoms with Crippen LogP contribution < -0.4 is 11.3 Å². The molecule has 1 aliphatic rings. The zero-order chi connectivity index (χ0) is 15.7. The third-order valence-corrected chi connectivity index (χ3v) is 4.49. The van der Waals surface area contributed by atoms with Crippen molar-refractivity contribution >= 4 is 16.8 Å². The molecule has 22 heavy (non-hydrogen) atoms. The molecule has 1 amide bonds. The number of hydrogen-bond donors (Lipinski definition) is 2. The van der Waals surface area contributed by atoms with Gasteiger partial charge in [0, 0.05) is 36.1 Å². The predicted molar refractivity (Wildman–Crippen MR) is 86.8 cm³/mol. The van der Waals surface area contributed by atoms with Crippen LogP contribution in [0.3, 0.4) is 0 Å². The molecule has 5 heteroatoms. The number of aromatic nitrogens is 1. The molecule has 2 heterocycles. The molecule has 1 saturated heterocycles. The van der Waals surface area contributed by atoms with Crippen molar-refractivity contribution in [3.63, 3.8) is 0 Å². The fraction of sp³-hybridized carbons (Fsp3) is 0.412. The third kappa shape index (κ3) is 2.64. The molecule has 1 fully saturated rings. The molecule has 2 aromatic rings. The second kappa shape index (κ2) is 5.93. The number of para-hydroxylation sites is 1. The number of H-pyrrole nitrogens is 1. The van der Waals surface area contributed by atoms with Crippen molar-refractivity contribution in [1.82, 2.24) is 9.88 Å². The van der Waals surface area contributed by atoms with E-state index in [0.29, 0.717) is 30.1 Å². The van der Waals surface area contributed by atoms with Crippen molar-refractivity contribution in [2.75, 3.05) is 13.1 Å². The number of benzene rings is 1. The van der Waals surface area contributed by atoms with Gasteiger partial charge in [-0.1, -0.05) is 25.1 Å². The number of aromatic amines is 1. The first-order chi connectivity index (χ1) is 10.6. The number of likely N-dealkylation sites (tertiary alicyclic amines) is 1. The van der Waals surface area contributed by atoms with Crippen LogP contribution in [0, 0.1) is 5.92 Å². The Labute approximate surface area is 129 Å². The van der Waals surface area contributed by atoms with E-state index in [1.807, 2.05) is 29.2 Å². The van der Waals surface area contributed by atoms with E-state index >= 15 is 0 Å². The van der Waals surface area contributed by atoms with Crippen LogP contribution in [0.2, 0.25) is 0 Å². The largest absolute Gasteiger partial charge is 0.334 e. The van der Waals surface area contributed by atoms with Gasteiger partial charge < -0.3 is 15.6 Å². The average molecular weight is 299 g/mol. The molecule has 3 N–H and O–H groups in total. The summed E-state index contributed by atoms with van der Waals surface area (Å²) < 4.78 is 0. The maximum atomic E-state index is 13.0. The molecule has 5 nitrogen and oxygen atoms in total. The van der Waals surface area contributed by atoms with Gasteiger partial charge in [-0.2, -0.15) is 0 Å². The normalized spacial score (nSPS) is 22.0. The van der Waals surface area contributed by atoms with Gasteiger partial charge >= 0.3 is 0 Å². The number of pyridine rings is 1. The van der Waals surface area contributed by atoms with Crippen LogP contribution in [0.15, 0.2) is 35.1 Å². The number of carbonyl (C=O) groups excluding carboxylic acids is 1. The van der Waals surface area contributed by atoms with Crippen molar-refractivity contribution in [3.8, 4) is 0 Å². The van der Waals surface area contributed by atoms with Gasteiger partial charge in [0.15, 0.2) is 0 Å². The van der Waals surface area contributed by atoms with E-state index in [0.717, 1.165) is 18.2 Å². The number of carbonyl (C=O) groups is 1. The molecule has 2 atom stereocenters. The lowest BCUT2D eigenvalue weighted by Gasteiger charge is -2.38. The van der Waals surface area contributed by atoms with Crippen LogP contribution in [-0.2, 0) is 0 Å². The van der Waals surface area contributed by atoms with Crippen molar-refractivity contribution in [2.45, 2.75) is 25.8 Å². The van der Waals surface area contributed by atoms with Gasteiger partial charge in [-0.3, -0.25) is 9.59 Å². The fourth-order valence-electron chi connectivity index (χ4n) is 3.28. The minimum atomic E-state index is -0.253. The van der Waals surface area contributed by atoms with Gasteiger partial charge in [-0.05, 0) is 24.8 Å². The summed E-state index contributed by atoms with van der Waals surface area (Å²) in [7, 11) is 0. The van der Waals surface area contributed by atoms with Crippen molar-refractivity contribution in [1.29, 1.82) is 0 Å². The van der Waals surface area contributed by atoms with Gasteiger partial charge in [-0.15, -0.1) is 0 Å².